The molecule has 0 fully saturated rings. The molecule has 3 nitrogen and oxygen atoms in total. The fraction of sp³-hybridized carbons (Fsp3) is 0.350. The average molecular weight is 343 g/mol. The van der Waals surface area contributed by atoms with Crippen molar-refractivity contribution in [3.63, 3.8) is 0 Å². The van der Waals surface area contributed by atoms with Gasteiger partial charge >= 0.3 is 6.09 Å². The molecular formula is C20H25NO2S. The minimum absolute atomic E-state index is 0.0394. The van der Waals surface area contributed by atoms with Crippen molar-refractivity contribution in [3.8, 4) is 0 Å². The van der Waals surface area contributed by atoms with Crippen molar-refractivity contribution in [1.29, 1.82) is 0 Å². The van der Waals surface area contributed by atoms with E-state index in [0.717, 1.165) is 17.7 Å². The molecule has 2 rings (SSSR count). The smallest absolute Gasteiger partial charge is 0.408 e. The SMILES string of the molecule is CC(C)(C)OC(=O)NC(CCc1ccccc1)Sc1ccccc1. The van der Waals surface area contributed by atoms with Crippen molar-refractivity contribution in [1.82, 2.24) is 5.32 Å². The second-order valence-corrected chi connectivity index (χ2v) is 7.87. The highest BCUT2D eigenvalue weighted by molar-refractivity contribution is 8.00. The van der Waals surface area contributed by atoms with Gasteiger partial charge in [-0.1, -0.05) is 48.5 Å². The standard InChI is InChI=1S/C20H25NO2S/c1-20(2,3)23-19(22)21-18(24-17-12-8-5-9-13-17)15-14-16-10-6-4-7-11-16/h4-13,18H,14-15H2,1-3H3,(H,21,22). The lowest BCUT2D eigenvalue weighted by molar-refractivity contribution is 0.0520. The van der Waals surface area contributed by atoms with Gasteiger partial charge in [0.1, 0.15) is 5.60 Å². The summed E-state index contributed by atoms with van der Waals surface area (Å²) in [6.07, 6.45) is 1.37. The van der Waals surface area contributed by atoms with E-state index in [1.165, 1.54) is 5.56 Å². The van der Waals surface area contributed by atoms with Crippen LogP contribution in [0.2, 0.25) is 0 Å². The maximum atomic E-state index is 12.1. The maximum Gasteiger partial charge on any atom is 0.408 e. The van der Waals surface area contributed by atoms with Gasteiger partial charge in [0.25, 0.3) is 0 Å². The Morgan fingerprint density at radius 2 is 1.62 bits per heavy atom. The van der Waals surface area contributed by atoms with Gasteiger partial charge in [-0.05, 0) is 51.3 Å². The highest BCUT2D eigenvalue weighted by Gasteiger charge is 2.20. The van der Waals surface area contributed by atoms with Gasteiger partial charge < -0.3 is 10.1 Å². The number of ether oxygens (including phenoxy) is 1. The lowest BCUT2D eigenvalue weighted by Crippen LogP contribution is -2.37. The van der Waals surface area contributed by atoms with E-state index in [4.69, 9.17) is 4.74 Å². The summed E-state index contributed by atoms with van der Waals surface area (Å²) in [5, 5.41) is 2.95. The summed E-state index contributed by atoms with van der Waals surface area (Å²) in [6.45, 7) is 5.61. The zero-order valence-corrected chi connectivity index (χ0v) is 15.3. The third-order valence-electron chi connectivity index (χ3n) is 3.24. The summed E-state index contributed by atoms with van der Waals surface area (Å²) in [5.74, 6) is 0. The molecule has 24 heavy (non-hydrogen) atoms. The van der Waals surface area contributed by atoms with Gasteiger partial charge in [0, 0.05) is 4.90 Å². The Kier molecular flexibility index (Phi) is 6.73. The van der Waals surface area contributed by atoms with Crippen LogP contribution in [-0.2, 0) is 11.2 Å². The molecular weight excluding hydrogens is 318 g/mol. The number of hydrogen-bond acceptors (Lipinski definition) is 3. The van der Waals surface area contributed by atoms with Crippen LogP contribution in [0.1, 0.15) is 32.8 Å². The summed E-state index contributed by atoms with van der Waals surface area (Å²) in [7, 11) is 0. The number of alkyl carbamates (subject to hydrolysis) is 1. The molecule has 0 heterocycles. The van der Waals surface area contributed by atoms with E-state index in [1.54, 1.807) is 11.8 Å². The number of thioether (sulfide) groups is 1. The van der Waals surface area contributed by atoms with Crippen LogP contribution in [-0.4, -0.2) is 17.1 Å². The molecule has 1 atom stereocenters. The Morgan fingerprint density at radius 1 is 1.04 bits per heavy atom. The summed E-state index contributed by atoms with van der Waals surface area (Å²) in [4.78, 5) is 13.3. The molecule has 0 bridgehead atoms. The quantitative estimate of drug-likeness (QED) is 0.574. The largest absolute Gasteiger partial charge is 0.444 e. The number of amides is 1. The van der Waals surface area contributed by atoms with Crippen molar-refractivity contribution in [2.24, 2.45) is 0 Å². The molecule has 0 aliphatic rings. The van der Waals surface area contributed by atoms with Gasteiger partial charge in [-0.25, -0.2) is 4.79 Å². The first-order valence-electron chi connectivity index (χ1n) is 8.17. The minimum atomic E-state index is -0.495. The zero-order valence-electron chi connectivity index (χ0n) is 14.5. The average Bonchev–Trinajstić information content (AvgIpc) is 2.53. The lowest BCUT2D eigenvalue weighted by atomic mass is 10.1. The number of aryl methyl sites for hydroxylation is 1. The molecule has 1 N–H and O–H groups in total. The van der Waals surface area contributed by atoms with Gasteiger partial charge in [0.05, 0.1) is 5.37 Å². The maximum absolute atomic E-state index is 12.1. The number of carbonyl (C=O) groups is 1. The molecule has 0 radical (unpaired) electrons. The normalized spacial score (nSPS) is 12.5. The van der Waals surface area contributed by atoms with Gasteiger partial charge in [0.2, 0.25) is 0 Å². The predicted octanol–water partition coefficient (Wildman–Crippen LogP) is 5.26. The van der Waals surface area contributed by atoms with Gasteiger partial charge in [-0.2, -0.15) is 0 Å². The van der Waals surface area contributed by atoms with Crippen LogP contribution in [0, 0.1) is 0 Å². The Hall–Kier alpha value is -1.94. The number of hydrogen-bond donors (Lipinski definition) is 1. The van der Waals surface area contributed by atoms with Crippen LogP contribution in [0.5, 0.6) is 0 Å². The van der Waals surface area contributed by atoms with Crippen LogP contribution in [0.25, 0.3) is 0 Å². The van der Waals surface area contributed by atoms with E-state index in [9.17, 15) is 4.79 Å². The molecule has 0 spiro atoms. The van der Waals surface area contributed by atoms with Crippen molar-refractivity contribution < 1.29 is 9.53 Å². The summed E-state index contributed by atoms with van der Waals surface area (Å²) in [6, 6.07) is 20.4. The van der Waals surface area contributed by atoms with E-state index in [0.29, 0.717) is 0 Å². The van der Waals surface area contributed by atoms with Crippen molar-refractivity contribution in [3.05, 3.63) is 66.2 Å². The number of carbonyl (C=O) groups excluding carboxylic acids is 1. The van der Waals surface area contributed by atoms with Gasteiger partial charge in [-0.15, -0.1) is 11.8 Å². The summed E-state index contributed by atoms with van der Waals surface area (Å²) < 4.78 is 5.39. The molecule has 1 unspecified atom stereocenters. The molecule has 128 valence electrons. The van der Waals surface area contributed by atoms with E-state index in [1.807, 2.05) is 57.2 Å². The molecule has 0 aromatic heterocycles. The van der Waals surface area contributed by atoms with Crippen molar-refractivity contribution >= 4 is 17.9 Å². The highest BCUT2D eigenvalue weighted by Crippen LogP contribution is 2.25. The molecule has 4 heteroatoms. The third kappa shape index (κ3) is 7.09. The molecule has 0 saturated heterocycles. The summed E-state index contributed by atoms with van der Waals surface area (Å²) in [5.41, 5.74) is 0.771. The lowest BCUT2D eigenvalue weighted by Gasteiger charge is -2.23. The topological polar surface area (TPSA) is 38.3 Å². The minimum Gasteiger partial charge on any atom is -0.444 e. The molecule has 0 aliphatic carbocycles. The predicted molar refractivity (Wildman–Crippen MR) is 100 cm³/mol. The molecule has 2 aromatic rings. The van der Waals surface area contributed by atoms with E-state index in [2.05, 4.69) is 29.6 Å². The Bertz CT molecular complexity index is 623. The first kappa shape index (κ1) is 18.4. The van der Waals surface area contributed by atoms with Gasteiger partial charge in [-0.3, -0.25) is 0 Å². The highest BCUT2D eigenvalue weighted by atomic mass is 32.2. The second-order valence-electron chi connectivity index (χ2n) is 6.59. The number of nitrogens with one attached hydrogen (secondary N) is 1. The number of benzene rings is 2. The molecule has 2 aromatic carbocycles. The van der Waals surface area contributed by atoms with Crippen LogP contribution in [0.4, 0.5) is 4.79 Å². The van der Waals surface area contributed by atoms with Crippen LogP contribution >= 0.6 is 11.8 Å². The molecule has 0 saturated carbocycles. The fourth-order valence-electron chi connectivity index (χ4n) is 2.21. The Morgan fingerprint density at radius 3 is 2.21 bits per heavy atom. The molecule has 0 aliphatic heterocycles. The first-order chi connectivity index (χ1) is 11.4. The monoisotopic (exact) mass is 343 g/mol. The Labute approximate surface area is 148 Å². The van der Waals surface area contributed by atoms with Crippen LogP contribution in [0.15, 0.2) is 65.6 Å². The van der Waals surface area contributed by atoms with Gasteiger partial charge in [0.15, 0.2) is 0 Å². The Balaban J connectivity index is 1.99. The third-order valence-corrected chi connectivity index (χ3v) is 4.42. The fourth-order valence-corrected chi connectivity index (χ4v) is 3.24. The number of rotatable bonds is 6. The van der Waals surface area contributed by atoms with Crippen molar-refractivity contribution in [2.45, 2.75) is 49.5 Å². The first-order valence-corrected chi connectivity index (χ1v) is 9.05. The van der Waals surface area contributed by atoms with E-state index >= 15 is 0 Å². The van der Waals surface area contributed by atoms with E-state index < -0.39 is 5.60 Å². The molecule has 1 amide bonds. The van der Waals surface area contributed by atoms with E-state index in [-0.39, 0.29) is 11.5 Å². The van der Waals surface area contributed by atoms with Crippen molar-refractivity contribution in [2.75, 3.05) is 0 Å². The van der Waals surface area contributed by atoms with Crippen LogP contribution < -0.4 is 5.32 Å². The second kappa shape index (κ2) is 8.78. The van der Waals surface area contributed by atoms with Crippen LogP contribution in [0.3, 0.4) is 0 Å². The summed E-state index contributed by atoms with van der Waals surface area (Å²) >= 11 is 1.65. The zero-order chi connectivity index (χ0) is 17.4.